The predicted octanol–water partition coefficient (Wildman–Crippen LogP) is 3.56. The number of hydrogen-bond donors (Lipinski definition) is 2. The van der Waals surface area contributed by atoms with Crippen molar-refractivity contribution >= 4 is 5.96 Å². The molecule has 1 aliphatic heterocycles. The number of nitrogens with one attached hydrogen (secondary N) is 2. The number of alkyl halides is 2. The van der Waals surface area contributed by atoms with Crippen LogP contribution in [0.4, 0.5) is 13.2 Å². The lowest BCUT2D eigenvalue weighted by molar-refractivity contribution is -0.0505. The van der Waals surface area contributed by atoms with Crippen LogP contribution in [0, 0.1) is 5.82 Å². The van der Waals surface area contributed by atoms with E-state index in [0.29, 0.717) is 35.1 Å². The van der Waals surface area contributed by atoms with Crippen LogP contribution in [0.3, 0.4) is 0 Å². The molecule has 0 saturated heterocycles. The van der Waals surface area contributed by atoms with Crippen molar-refractivity contribution in [2.24, 2.45) is 4.99 Å². The smallest absolute Gasteiger partial charge is 0.387 e. The lowest BCUT2D eigenvalue weighted by Gasteiger charge is -2.15. The summed E-state index contributed by atoms with van der Waals surface area (Å²) in [5.74, 6) is 0.917. The first-order valence-corrected chi connectivity index (χ1v) is 9.66. The van der Waals surface area contributed by atoms with Crippen LogP contribution in [-0.4, -0.2) is 33.0 Å². The molecule has 0 aliphatic carbocycles. The van der Waals surface area contributed by atoms with E-state index in [1.54, 1.807) is 18.2 Å². The molecule has 7 nitrogen and oxygen atoms in total. The number of aliphatic imine (C=N–C) groups is 1. The number of benzene rings is 2. The molecular weight excluding hydrogens is 415 g/mol. The highest BCUT2D eigenvalue weighted by atomic mass is 19.3. The summed E-state index contributed by atoms with van der Waals surface area (Å²) in [4.78, 5) is 4.48. The lowest BCUT2D eigenvalue weighted by atomic mass is 10.1. The molecule has 2 aromatic carbocycles. The first kappa shape index (κ1) is 22.5. The van der Waals surface area contributed by atoms with Crippen molar-refractivity contribution in [3.05, 3.63) is 52.8 Å². The Hall–Kier alpha value is -3.14. The van der Waals surface area contributed by atoms with E-state index in [4.69, 9.17) is 14.2 Å². The number of methoxy groups -OCH3 is 1. The van der Waals surface area contributed by atoms with E-state index in [0.717, 1.165) is 5.56 Å². The van der Waals surface area contributed by atoms with Crippen LogP contribution in [0.25, 0.3) is 0 Å². The van der Waals surface area contributed by atoms with Gasteiger partial charge in [0.05, 0.1) is 13.2 Å². The molecule has 0 aromatic heterocycles. The Labute approximate surface area is 178 Å². The van der Waals surface area contributed by atoms with Crippen LogP contribution in [0.15, 0.2) is 35.3 Å². The summed E-state index contributed by atoms with van der Waals surface area (Å²) in [6.07, 6.45) is 0. The highest BCUT2D eigenvalue weighted by molar-refractivity contribution is 5.79. The normalized spacial score (nSPS) is 12.9. The minimum Gasteiger partial charge on any atom is -0.454 e. The molecule has 3 rings (SSSR count). The molecule has 1 aliphatic rings. The van der Waals surface area contributed by atoms with Crippen LogP contribution < -0.4 is 24.8 Å². The van der Waals surface area contributed by atoms with Crippen molar-refractivity contribution in [3.63, 3.8) is 0 Å². The Balaban J connectivity index is 1.73. The quantitative estimate of drug-likeness (QED) is 0.460. The van der Waals surface area contributed by atoms with Crippen molar-refractivity contribution in [1.82, 2.24) is 10.6 Å². The number of ether oxygens (including phenoxy) is 4. The topological polar surface area (TPSA) is 73.3 Å². The Morgan fingerprint density at radius 1 is 1.13 bits per heavy atom. The lowest BCUT2D eigenvalue weighted by Crippen LogP contribution is -2.36. The summed E-state index contributed by atoms with van der Waals surface area (Å²) >= 11 is 0. The second-order valence-electron chi connectivity index (χ2n) is 6.60. The number of fused-ring (bicyclic) bond motifs is 1. The fraction of sp³-hybridized carbons (Fsp3) is 0.381. The maximum Gasteiger partial charge on any atom is 0.387 e. The van der Waals surface area contributed by atoms with Gasteiger partial charge in [-0.3, -0.25) is 0 Å². The molecule has 2 N–H and O–H groups in total. The Morgan fingerprint density at radius 3 is 2.61 bits per heavy atom. The minimum atomic E-state index is -2.97. The third-order valence-electron chi connectivity index (χ3n) is 4.39. The van der Waals surface area contributed by atoms with Gasteiger partial charge in [-0.05, 0) is 30.7 Å². The van der Waals surface area contributed by atoms with Crippen LogP contribution >= 0.6 is 0 Å². The van der Waals surface area contributed by atoms with E-state index >= 15 is 0 Å². The van der Waals surface area contributed by atoms with Crippen molar-refractivity contribution in [2.45, 2.75) is 33.2 Å². The van der Waals surface area contributed by atoms with Gasteiger partial charge in [-0.1, -0.05) is 6.07 Å². The van der Waals surface area contributed by atoms with E-state index < -0.39 is 6.61 Å². The average molecular weight is 439 g/mol. The van der Waals surface area contributed by atoms with Gasteiger partial charge in [0.15, 0.2) is 17.5 Å². The molecule has 0 bridgehead atoms. The average Bonchev–Trinajstić information content (AvgIpc) is 3.19. The molecule has 1 heterocycles. The number of nitrogens with zero attached hydrogens (tertiary/aromatic N) is 1. The zero-order valence-electron chi connectivity index (χ0n) is 17.2. The predicted molar refractivity (Wildman–Crippen MR) is 108 cm³/mol. The SMILES string of the molecule is CCNC(=NCc1ccc(F)c(COC)c1)NCc1cc2c(cc1OC(F)F)OCO2. The molecule has 0 unspecified atom stereocenters. The molecule has 0 fully saturated rings. The maximum absolute atomic E-state index is 13.8. The van der Waals surface area contributed by atoms with E-state index in [-0.39, 0.29) is 38.1 Å². The summed E-state index contributed by atoms with van der Waals surface area (Å²) in [5, 5.41) is 6.16. The third-order valence-corrected chi connectivity index (χ3v) is 4.39. The van der Waals surface area contributed by atoms with Gasteiger partial charge < -0.3 is 29.6 Å². The fourth-order valence-corrected chi connectivity index (χ4v) is 2.99. The zero-order chi connectivity index (χ0) is 22.2. The summed E-state index contributed by atoms with van der Waals surface area (Å²) in [6.45, 7) is 0.146. The largest absolute Gasteiger partial charge is 0.454 e. The van der Waals surface area contributed by atoms with Gasteiger partial charge in [-0.2, -0.15) is 8.78 Å². The Bertz CT molecular complexity index is 925. The molecule has 10 heteroatoms. The van der Waals surface area contributed by atoms with Gasteiger partial charge in [0.25, 0.3) is 0 Å². The summed E-state index contributed by atoms with van der Waals surface area (Å²) in [7, 11) is 1.50. The van der Waals surface area contributed by atoms with Crippen molar-refractivity contribution < 1.29 is 32.1 Å². The van der Waals surface area contributed by atoms with E-state index in [1.807, 2.05) is 6.92 Å². The molecular formula is C21H24F3N3O4. The Morgan fingerprint density at radius 2 is 1.90 bits per heavy atom. The van der Waals surface area contributed by atoms with Gasteiger partial charge in [-0.15, -0.1) is 0 Å². The minimum absolute atomic E-state index is 0.00894. The Kier molecular flexibility index (Phi) is 7.82. The molecule has 0 saturated carbocycles. The molecule has 2 aromatic rings. The van der Waals surface area contributed by atoms with Crippen molar-refractivity contribution in [3.8, 4) is 17.2 Å². The molecule has 0 radical (unpaired) electrons. The number of hydrogen-bond acceptors (Lipinski definition) is 5. The zero-order valence-corrected chi connectivity index (χ0v) is 17.2. The maximum atomic E-state index is 13.8. The second kappa shape index (κ2) is 10.8. The van der Waals surface area contributed by atoms with Gasteiger partial charge in [0, 0.05) is 37.4 Å². The number of guanidine groups is 1. The first-order chi connectivity index (χ1) is 15.0. The van der Waals surface area contributed by atoms with Crippen LogP contribution in [0.1, 0.15) is 23.6 Å². The second-order valence-corrected chi connectivity index (χ2v) is 6.60. The highest BCUT2D eigenvalue weighted by Crippen LogP contribution is 2.38. The third kappa shape index (κ3) is 6.17. The van der Waals surface area contributed by atoms with Gasteiger partial charge in [0.1, 0.15) is 11.6 Å². The van der Waals surface area contributed by atoms with Crippen LogP contribution in [0.2, 0.25) is 0 Å². The van der Waals surface area contributed by atoms with Gasteiger partial charge >= 0.3 is 6.61 Å². The van der Waals surface area contributed by atoms with E-state index in [1.165, 1.54) is 19.2 Å². The number of halogens is 3. The van der Waals surface area contributed by atoms with Gasteiger partial charge in [-0.25, -0.2) is 9.38 Å². The first-order valence-electron chi connectivity index (χ1n) is 9.66. The van der Waals surface area contributed by atoms with Crippen molar-refractivity contribution in [2.75, 3.05) is 20.4 Å². The van der Waals surface area contributed by atoms with Gasteiger partial charge in [0.2, 0.25) is 6.79 Å². The fourth-order valence-electron chi connectivity index (χ4n) is 2.99. The standard InChI is InChI=1S/C21H24F3N3O4/c1-3-25-21(26-9-13-4-5-16(22)15(6-13)11-28-2)27-10-14-7-18-19(30-12-29-18)8-17(14)31-20(23)24/h4-8,20H,3,9-12H2,1-2H3,(H2,25,26,27). The molecule has 0 spiro atoms. The molecule has 168 valence electrons. The number of rotatable bonds is 9. The van der Waals surface area contributed by atoms with Crippen LogP contribution in [0.5, 0.6) is 17.2 Å². The summed E-state index contributed by atoms with van der Waals surface area (Å²) < 4.78 is 59.6. The summed E-state index contributed by atoms with van der Waals surface area (Å²) in [6, 6.07) is 7.69. The molecule has 0 atom stereocenters. The summed E-state index contributed by atoms with van der Waals surface area (Å²) in [5.41, 5.74) is 1.71. The van der Waals surface area contributed by atoms with Crippen LogP contribution in [-0.2, 0) is 24.4 Å². The molecule has 31 heavy (non-hydrogen) atoms. The van der Waals surface area contributed by atoms with Crippen molar-refractivity contribution in [1.29, 1.82) is 0 Å². The highest BCUT2D eigenvalue weighted by Gasteiger charge is 2.20. The van der Waals surface area contributed by atoms with E-state index in [2.05, 4.69) is 20.4 Å². The molecule has 0 amide bonds. The van der Waals surface area contributed by atoms with E-state index in [9.17, 15) is 13.2 Å². The monoisotopic (exact) mass is 439 g/mol.